The molecule has 0 spiro atoms. The molecule has 0 saturated carbocycles. The molecule has 0 unspecified atom stereocenters. The summed E-state index contributed by atoms with van der Waals surface area (Å²) in [6, 6.07) is 8.10. The van der Waals surface area contributed by atoms with Crippen LogP contribution in [0.3, 0.4) is 0 Å². The van der Waals surface area contributed by atoms with Crippen molar-refractivity contribution in [2.45, 2.75) is 25.4 Å². The molecular formula is C22H20F3N3O3S. The second-order valence-electron chi connectivity index (χ2n) is 7.56. The Balaban J connectivity index is 1.54. The van der Waals surface area contributed by atoms with Crippen molar-refractivity contribution in [3.05, 3.63) is 58.8 Å². The van der Waals surface area contributed by atoms with Crippen molar-refractivity contribution < 1.29 is 27.6 Å². The average Bonchev–Trinajstić information content (AvgIpc) is 3.34. The van der Waals surface area contributed by atoms with Crippen LogP contribution in [0.25, 0.3) is 11.8 Å². The minimum absolute atomic E-state index is 0.119. The lowest BCUT2D eigenvalue weighted by atomic mass is 10.1. The van der Waals surface area contributed by atoms with Gasteiger partial charge >= 0.3 is 6.18 Å². The van der Waals surface area contributed by atoms with Crippen LogP contribution in [0.5, 0.6) is 0 Å². The Morgan fingerprint density at radius 2 is 1.81 bits per heavy atom. The van der Waals surface area contributed by atoms with Crippen molar-refractivity contribution in [2.75, 3.05) is 19.6 Å². The number of carbonyl (C=O) groups is 3. The van der Waals surface area contributed by atoms with E-state index < -0.39 is 22.9 Å². The number of rotatable bonds is 4. The number of hydrogen-bond donors (Lipinski definition) is 0. The monoisotopic (exact) mass is 463 g/mol. The average molecular weight is 463 g/mol. The summed E-state index contributed by atoms with van der Waals surface area (Å²) in [5, 5.41) is -0.538. The molecule has 2 fully saturated rings. The third-order valence-electron chi connectivity index (χ3n) is 5.39. The van der Waals surface area contributed by atoms with Gasteiger partial charge in [-0.3, -0.25) is 19.3 Å². The highest BCUT2D eigenvalue weighted by Gasteiger charge is 2.37. The molecule has 0 atom stereocenters. The van der Waals surface area contributed by atoms with Crippen molar-refractivity contribution >= 4 is 34.9 Å². The van der Waals surface area contributed by atoms with Crippen LogP contribution >= 0.6 is 11.8 Å². The Morgan fingerprint density at radius 1 is 1.06 bits per heavy atom. The molecule has 3 heterocycles. The molecule has 2 saturated heterocycles. The molecule has 0 aliphatic carbocycles. The summed E-state index contributed by atoms with van der Waals surface area (Å²) in [4.78, 5) is 40.3. The Kier molecular flexibility index (Phi) is 6.14. The predicted octanol–water partition coefficient (Wildman–Crippen LogP) is 4.54. The van der Waals surface area contributed by atoms with Gasteiger partial charge in [-0.1, -0.05) is 6.07 Å². The summed E-state index contributed by atoms with van der Waals surface area (Å²) < 4.78 is 40.7. The fourth-order valence-electron chi connectivity index (χ4n) is 3.73. The van der Waals surface area contributed by atoms with Gasteiger partial charge in [-0.25, -0.2) is 0 Å². The van der Waals surface area contributed by atoms with E-state index in [0.29, 0.717) is 30.5 Å². The van der Waals surface area contributed by atoms with Crippen molar-refractivity contribution in [2.24, 2.45) is 0 Å². The largest absolute Gasteiger partial charge is 0.416 e. The fraction of sp³-hybridized carbons (Fsp3) is 0.318. The summed E-state index contributed by atoms with van der Waals surface area (Å²) in [6.07, 6.45) is 1.41. The van der Waals surface area contributed by atoms with Crippen molar-refractivity contribution in [1.82, 2.24) is 14.4 Å². The minimum Gasteiger partial charge on any atom is -0.341 e. The molecule has 2 aliphatic heterocycles. The topological polar surface area (TPSA) is 62.6 Å². The van der Waals surface area contributed by atoms with Gasteiger partial charge in [-0.15, -0.1) is 0 Å². The lowest BCUT2D eigenvalue weighted by molar-refractivity contribution is -0.137. The maximum atomic E-state index is 13.1. The van der Waals surface area contributed by atoms with E-state index >= 15 is 0 Å². The molecule has 0 N–H and O–H groups in total. The summed E-state index contributed by atoms with van der Waals surface area (Å²) in [7, 11) is 0. The first kappa shape index (κ1) is 22.2. The van der Waals surface area contributed by atoms with Gasteiger partial charge in [0.1, 0.15) is 6.54 Å². The van der Waals surface area contributed by atoms with Crippen LogP contribution in [0, 0.1) is 0 Å². The highest BCUT2D eigenvalue weighted by atomic mass is 32.2. The number of nitrogens with zero attached hydrogens (tertiary/aromatic N) is 3. The zero-order valence-corrected chi connectivity index (χ0v) is 17.8. The molecule has 0 radical (unpaired) electrons. The smallest absolute Gasteiger partial charge is 0.341 e. The Hall–Kier alpha value is -3.01. The summed E-state index contributed by atoms with van der Waals surface area (Å²) in [5.41, 5.74) is -0.0704. The predicted molar refractivity (Wildman–Crippen MR) is 114 cm³/mol. The number of piperidine rings is 1. The molecule has 1 aromatic carbocycles. The Morgan fingerprint density at radius 3 is 2.53 bits per heavy atom. The number of aromatic nitrogens is 1. The number of likely N-dealkylation sites (tertiary alicyclic amines) is 1. The lowest BCUT2D eigenvalue weighted by Gasteiger charge is -2.27. The van der Waals surface area contributed by atoms with E-state index in [4.69, 9.17) is 0 Å². The number of alkyl halides is 3. The molecule has 2 aromatic rings. The molecule has 10 heteroatoms. The van der Waals surface area contributed by atoms with E-state index in [2.05, 4.69) is 0 Å². The number of amides is 3. The number of imide groups is 1. The minimum atomic E-state index is -4.48. The first-order valence-electron chi connectivity index (χ1n) is 10.1. The van der Waals surface area contributed by atoms with Crippen LogP contribution in [0.1, 0.15) is 30.5 Å². The summed E-state index contributed by atoms with van der Waals surface area (Å²) >= 11 is 0.714. The number of halogens is 3. The molecule has 32 heavy (non-hydrogen) atoms. The molecular weight excluding hydrogens is 443 g/mol. The highest BCUT2D eigenvalue weighted by Crippen LogP contribution is 2.34. The molecule has 4 rings (SSSR count). The van der Waals surface area contributed by atoms with E-state index in [9.17, 15) is 27.6 Å². The van der Waals surface area contributed by atoms with Crippen molar-refractivity contribution in [3.8, 4) is 5.69 Å². The van der Waals surface area contributed by atoms with Crippen LogP contribution in [-0.4, -0.2) is 51.1 Å². The molecule has 6 nitrogen and oxygen atoms in total. The Bertz CT molecular complexity index is 1090. The van der Waals surface area contributed by atoms with Crippen LogP contribution < -0.4 is 0 Å². The third-order valence-corrected chi connectivity index (χ3v) is 6.29. The number of carbonyl (C=O) groups excluding carboxylic acids is 3. The van der Waals surface area contributed by atoms with Gasteiger partial charge in [0.05, 0.1) is 10.5 Å². The summed E-state index contributed by atoms with van der Waals surface area (Å²) in [5.74, 6) is -0.845. The zero-order valence-electron chi connectivity index (χ0n) is 17.0. The van der Waals surface area contributed by atoms with Gasteiger partial charge in [0, 0.05) is 30.7 Å². The molecule has 2 aliphatic rings. The van der Waals surface area contributed by atoms with Crippen molar-refractivity contribution in [1.29, 1.82) is 0 Å². The number of thioether (sulfide) groups is 1. The van der Waals surface area contributed by atoms with Crippen LogP contribution in [-0.2, 0) is 15.8 Å². The normalized spacial score (nSPS) is 18.7. The van der Waals surface area contributed by atoms with E-state index in [1.165, 1.54) is 22.8 Å². The Labute approximate surface area is 186 Å². The van der Waals surface area contributed by atoms with E-state index in [0.717, 1.165) is 36.3 Å². The zero-order chi connectivity index (χ0) is 22.9. The van der Waals surface area contributed by atoms with Gasteiger partial charge < -0.3 is 9.47 Å². The van der Waals surface area contributed by atoms with Crippen molar-refractivity contribution in [3.63, 3.8) is 0 Å². The maximum Gasteiger partial charge on any atom is 0.416 e. The van der Waals surface area contributed by atoms with Gasteiger partial charge in [-0.05, 0) is 67.4 Å². The highest BCUT2D eigenvalue weighted by molar-refractivity contribution is 8.18. The van der Waals surface area contributed by atoms with E-state index in [1.807, 2.05) is 0 Å². The van der Waals surface area contributed by atoms with Gasteiger partial charge in [0.25, 0.3) is 11.1 Å². The number of benzene rings is 1. The number of hydrogen-bond acceptors (Lipinski definition) is 4. The first-order chi connectivity index (χ1) is 15.2. The maximum absolute atomic E-state index is 13.1. The molecule has 0 bridgehead atoms. The molecule has 168 valence electrons. The van der Waals surface area contributed by atoms with Crippen LogP contribution in [0.4, 0.5) is 18.0 Å². The third kappa shape index (κ3) is 4.59. The van der Waals surface area contributed by atoms with E-state index in [-0.39, 0.29) is 23.0 Å². The fourth-order valence-corrected chi connectivity index (χ4v) is 4.55. The first-order valence-corrected chi connectivity index (χ1v) is 10.9. The second kappa shape index (κ2) is 8.85. The lowest BCUT2D eigenvalue weighted by Crippen LogP contribution is -2.44. The standard InChI is InChI=1S/C22H20F3N3O3S/c23-22(24,25)15-6-4-7-16(12-15)27-11-5-8-17(27)13-18-20(30)28(21(31)32-18)14-19(29)26-9-2-1-3-10-26/h4-8,11-13H,1-3,9-10,14H2/b18-13-. The second-order valence-corrected chi connectivity index (χ2v) is 8.55. The van der Waals surface area contributed by atoms with E-state index in [1.54, 1.807) is 23.2 Å². The van der Waals surface area contributed by atoms with Gasteiger partial charge in [0.2, 0.25) is 5.91 Å². The summed E-state index contributed by atoms with van der Waals surface area (Å²) in [6.45, 7) is 0.932. The molecule has 1 aromatic heterocycles. The quantitative estimate of drug-likeness (QED) is 0.625. The van der Waals surface area contributed by atoms with Gasteiger partial charge in [-0.2, -0.15) is 13.2 Å². The SMILES string of the molecule is O=C(CN1C(=O)S/C(=C\c2cccn2-c2cccc(C(F)(F)F)c2)C1=O)N1CCCCC1. The molecule has 3 amide bonds. The van der Waals surface area contributed by atoms with Gasteiger partial charge in [0.15, 0.2) is 0 Å². The van der Waals surface area contributed by atoms with Crippen LogP contribution in [0.15, 0.2) is 47.5 Å². The van der Waals surface area contributed by atoms with Crippen LogP contribution in [0.2, 0.25) is 0 Å².